The Morgan fingerprint density at radius 2 is 1.27 bits per heavy atom. The molecule has 0 saturated heterocycles. The van der Waals surface area contributed by atoms with Crippen LogP contribution < -0.4 is 0 Å². The normalized spacial score (nSPS) is 12.0. The lowest BCUT2D eigenvalue weighted by Crippen LogP contribution is -2.02. The number of hydrogen-bond donors (Lipinski definition) is 0. The molecule has 0 aliphatic carbocycles. The second-order valence-electron chi connectivity index (χ2n) is 11.7. The van der Waals surface area contributed by atoms with Gasteiger partial charge in [-0.05, 0) is 47.5 Å². The zero-order chi connectivity index (χ0) is 32.9. The van der Waals surface area contributed by atoms with Gasteiger partial charge in [0.15, 0.2) is 17.5 Å². The molecule has 0 aliphatic heterocycles. The Kier molecular flexibility index (Phi) is 6.62. The summed E-state index contributed by atoms with van der Waals surface area (Å²) in [4.78, 5) is 19.5. The molecule has 7 nitrogen and oxygen atoms in total. The fourth-order valence-corrected chi connectivity index (χ4v) is 6.46. The van der Waals surface area contributed by atoms with Crippen LogP contribution in [-0.4, -0.2) is 28.9 Å². The molecule has 49 heavy (non-hydrogen) atoms. The maximum Gasteiger partial charge on any atom is 0.248 e. The summed E-state index contributed by atoms with van der Waals surface area (Å²) in [6.07, 6.45) is 5.29. The molecular weight excluding hydrogens is 605 g/mol. The maximum absolute atomic E-state index is 6.18. The molecule has 0 radical (unpaired) electrons. The predicted molar refractivity (Wildman–Crippen MR) is 197 cm³/mol. The molecule has 0 saturated carbocycles. The van der Waals surface area contributed by atoms with E-state index in [1.165, 1.54) is 0 Å². The van der Waals surface area contributed by atoms with E-state index in [0.717, 1.165) is 66.8 Å². The Labute approximate surface area is 281 Å². The summed E-state index contributed by atoms with van der Waals surface area (Å²) < 4.78 is 10.6. The molecule has 0 N–H and O–H groups in total. The topological polar surface area (TPSA) is 74.0 Å². The van der Waals surface area contributed by atoms with Crippen molar-refractivity contribution in [1.82, 2.24) is 28.9 Å². The van der Waals surface area contributed by atoms with Crippen molar-refractivity contribution in [3.05, 3.63) is 165 Å². The average molecular weight is 633 g/mol. The van der Waals surface area contributed by atoms with Crippen LogP contribution in [0.3, 0.4) is 0 Å². The lowest BCUT2D eigenvalue weighted by Gasteiger charge is -2.10. The Morgan fingerprint density at radius 3 is 2.00 bits per heavy atom. The smallest absolute Gasteiger partial charge is 0.248 e. The third-order valence-corrected chi connectivity index (χ3v) is 8.77. The first-order valence-corrected chi connectivity index (χ1v) is 16.0. The number of hydrogen-bond acceptors (Lipinski definition) is 5. The number of rotatable bonds is 7. The zero-order valence-corrected chi connectivity index (χ0v) is 26.4. The highest BCUT2D eigenvalue weighted by molar-refractivity contribution is 6.06. The van der Waals surface area contributed by atoms with Crippen molar-refractivity contribution >= 4 is 44.6 Å². The predicted octanol–water partition coefficient (Wildman–Crippen LogP) is 10.1. The van der Waals surface area contributed by atoms with Crippen LogP contribution in [-0.2, 0) is 0 Å². The summed E-state index contributed by atoms with van der Waals surface area (Å²) in [6, 6.07) is 43.2. The van der Waals surface area contributed by atoms with E-state index in [1.807, 2.05) is 72.8 Å². The fraction of sp³-hybridized carbons (Fsp3) is 0. The van der Waals surface area contributed by atoms with Gasteiger partial charge in [0.25, 0.3) is 0 Å². The molecule has 4 heterocycles. The second kappa shape index (κ2) is 11.4. The molecule has 9 rings (SSSR count). The van der Waals surface area contributed by atoms with Gasteiger partial charge in [-0.25, -0.2) is 15.0 Å². The first-order chi connectivity index (χ1) is 24.2. The van der Waals surface area contributed by atoms with Crippen molar-refractivity contribution in [3.8, 4) is 39.6 Å². The molecule has 0 amide bonds. The molecule has 0 spiro atoms. The molecule has 232 valence electrons. The van der Waals surface area contributed by atoms with Crippen molar-refractivity contribution < 1.29 is 4.42 Å². The standard InChI is InChI=1S/C42H28N6O/c1-3-13-27(4-2)38-43-39(29-14-7-5-8-15-29)45-40(44-38)30-22-20-28(21-23-30)31-24-25-34-35(26-31)47(32-16-9-6-10-17-32)42-46-41-37(48(34)42)33-18-11-12-19-36(33)49-41/h3-26H,1-2H2/b27-13+. The Hall–Kier alpha value is -6.86. The van der Waals surface area contributed by atoms with Crippen molar-refractivity contribution in [2.24, 2.45) is 0 Å². The summed E-state index contributed by atoms with van der Waals surface area (Å²) >= 11 is 0. The van der Waals surface area contributed by atoms with Crippen LogP contribution in [0, 0.1) is 0 Å². The largest absolute Gasteiger partial charge is 0.436 e. The van der Waals surface area contributed by atoms with Crippen molar-refractivity contribution in [1.29, 1.82) is 0 Å². The van der Waals surface area contributed by atoms with Crippen LogP contribution in [0.25, 0.3) is 84.2 Å². The van der Waals surface area contributed by atoms with Crippen LogP contribution in [0.4, 0.5) is 0 Å². The lowest BCUT2D eigenvalue weighted by molar-refractivity contribution is 0.656. The van der Waals surface area contributed by atoms with Crippen LogP contribution in [0.15, 0.2) is 163 Å². The van der Waals surface area contributed by atoms with Crippen LogP contribution in [0.5, 0.6) is 0 Å². The number of allylic oxidation sites excluding steroid dienone is 4. The van der Waals surface area contributed by atoms with Crippen molar-refractivity contribution in [3.63, 3.8) is 0 Å². The van der Waals surface area contributed by atoms with E-state index in [4.69, 9.17) is 24.4 Å². The number of fused-ring (bicyclic) bond motifs is 7. The highest BCUT2D eigenvalue weighted by Crippen LogP contribution is 2.36. The number of benzene rings is 5. The third kappa shape index (κ3) is 4.67. The summed E-state index contributed by atoms with van der Waals surface area (Å²) in [5.74, 6) is 2.52. The molecule has 0 bridgehead atoms. The molecule has 9 aromatic rings. The van der Waals surface area contributed by atoms with Gasteiger partial charge in [-0.1, -0.05) is 122 Å². The van der Waals surface area contributed by atoms with Gasteiger partial charge in [-0.3, -0.25) is 8.97 Å². The zero-order valence-electron chi connectivity index (χ0n) is 26.4. The summed E-state index contributed by atoms with van der Waals surface area (Å²) in [7, 11) is 0. The van der Waals surface area contributed by atoms with Gasteiger partial charge in [0.1, 0.15) is 11.1 Å². The summed E-state index contributed by atoms with van der Waals surface area (Å²) in [6.45, 7) is 7.80. The minimum atomic E-state index is 0.541. The van der Waals surface area contributed by atoms with Crippen LogP contribution >= 0.6 is 0 Å². The van der Waals surface area contributed by atoms with Crippen molar-refractivity contribution in [2.45, 2.75) is 0 Å². The Bertz CT molecular complexity index is 2730. The van der Waals surface area contributed by atoms with Gasteiger partial charge >= 0.3 is 0 Å². The monoisotopic (exact) mass is 632 g/mol. The molecule has 0 aliphatic rings. The van der Waals surface area contributed by atoms with Gasteiger partial charge in [0.2, 0.25) is 11.5 Å². The lowest BCUT2D eigenvalue weighted by atomic mass is 10.0. The third-order valence-electron chi connectivity index (χ3n) is 8.77. The highest BCUT2D eigenvalue weighted by atomic mass is 16.3. The number of furan rings is 1. The van der Waals surface area contributed by atoms with Crippen LogP contribution in [0.1, 0.15) is 5.82 Å². The van der Waals surface area contributed by atoms with Crippen molar-refractivity contribution in [2.75, 3.05) is 0 Å². The first kappa shape index (κ1) is 28.4. The minimum absolute atomic E-state index is 0.541. The van der Waals surface area contributed by atoms with E-state index in [2.05, 4.69) is 82.8 Å². The van der Waals surface area contributed by atoms with E-state index in [1.54, 1.807) is 12.2 Å². The number of nitrogens with zero attached hydrogens (tertiary/aromatic N) is 6. The number of para-hydroxylation sites is 2. The molecule has 0 unspecified atom stereocenters. The van der Waals surface area contributed by atoms with Gasteiger partial charge in [0, 0.05) is 27.8 Å². The molecule has 4 aromatic heterocycles. The van der Waals surface area contributed by atoms with Crippen LogP contribution in [0.2, 0.25) is 0 Å². The number of imidazole rings is 2. The van der Waals surface area contributed by atoms with Gasteiger partial charge < -0.3 is 4.42 Å². The minimum Gasteiger partial charge on any atom is -0.436 e. The van der Waals surface area contributed by atoms with E-state index in [-0.39, 0.29) is 0 Å². The SMILES string of the molecule is C=C/C=C(\C=C)c1nc(-c2ccccc2)nc(-c2ccc(-c3ccc4c(c3)n(-c3ccccc3)c3nc5oc6ccccc6c5n43)cc2)n1. The molecule has 7 heteroatoms. The maximum atomic E-state index is 6.18. The first-order valence-electron chi connectivity index (χ1n) is 16.0. The summed E-state index contributed by atoms with van der Waals surface area (Å²) in [5.41, 5.74) is 10.2. The summed E-state index contributed by atoms with van der Waals surface area (Å²) in [5, 5.41) is 1.04. The fourth-order valence-electron chi connectivity index (χ4n) is 6.46. The molecule has 0 fully saturated rings. The van der Waals surface area contributed by atoms with E-state index in [0.29, 0.717) is 23.2 Å². The van der Waals surface area contributed by atoms with Gasteiger partial charge in [-0.2, -0.15) is 4.98 Å². The highest BCUT2D eigenvalue weighted by Gasteiger charge is 2.22. The van der Waals surface area contributed by atoms with E-state index < -0.39 is 0 Å². The molecule has 5 aromatic carbocycles. The molecular formula is C42H28N6O. The van der Waals surface area contributed by atoms with E-state index >= 15 is 0 Å². The van der Waals surface area contributed by atoms with Gasteiger partial charge in [0.05, 0.1) is 11.0 Å². The van der Waals surface area contributed by atoms with E-state index in [9.17, 15) is 0 Å². The Balaban J connectivity index is 1.18. The number of aromatic nitrogens is 6. The quantitative estimate of drug-likeness (QED) is 0.164. The second-order valence-corrected chi connectivity index (χ2v) is 11.7. The average Bonchev–Trinajstić information content (AvgIpc) is 3.80. The molecule has 0 atom stereocenters. The van der Waals surface area contributed by atoms with Gasteiger partial charge in [-0.15, -0.1) is 0 Å². The Morgan fingerprint density at radius 1 is 0.612 bits per heavy atom.